The first-order valence-electron chi connectivity index (χ1n) is 3.63. The minimum Gasteiger partial charge on any atom is -0.205 e. The number of benzene rings is 1. The molecule has 0 bridgehead atoms. The van der Waals surface area contributed by atoms with Gasteiger partial charge in [-0.1, -0.05) is 23.4 Å². The Bertz CT molecular complexity index is 436. The van der Waals surface area contributed by atoms with Crippen LogP contribution in [-0.2, 0) is 0 Å². The molecule has 66 valence electrons. The van der Waals surface area contributed by atoms with Gasteiger partial charge in [0, 0.05) is 5.41 Å². The van der Waals surface area contributed by atoms with Gasteiger partial charge in [-0.25, -0.2) is 9.38 Å². The third kappa shape index (κ3) is 1.39. The highest BCUT2D eigenvalue weighted by Gasteiger charge is 2.15. The van der Waals surface area contributed by atoms with Gasteiger partial charge in [-0.2, -0.15) is 0 Å². The minimum absolute atomic E-state index is 0.154. The lowest BCUT2D eigenvalue weighted by Gasteiger charge is -2.09. The second kappa shape index (κ2) is 3.18. The van der Waals surface area contributed by atoms with Gasteiger partial charge in [0.05, 0.1) is 15.6 Å². The standard InChI is InChI=1S/C9H5ClFNS/c1-5-4-6-9(7(10)8(5)11)13-3-2-12-6/h3-4H,1H3. The van der Waals surface area contributed by atoms with E-state index < -0.39 is 0 Å². The van der Waals surface area contributed by atoms with Crippen LogP contribution >= 0.6 is 23.4 Å². The molecule has 1 aromatic rings. The summed E-state index contributed by atoms with van der Waals surface area (Å²) in [6.07, 6.45) is 0. The van der Waals surface area contributed by atoms with E-state index >= 15 is 0 Å². The average molecular weight is 214 g/mol. The Morgan fingerprint density at radius 3 is 3.15 bits per heavy atom. The number of hydrogen-bond acceptors (Lipinski definition) is 2. The van der Waals surface area contributed by atoms with Crippen molar-refractivity contribution in [1.82, 2.24) is 0 Å². The van der Waals surface area contributed by atoms with E-state index in [4.69, 9.17) is 11.6 Å². The van der Waals surface area contributed by atoms with Crippen LogP contribution in [0.15, 0.2) is 21.4 Å². The van der Waals surface area contributed by atoms with Crippen LogP contribution in [0.25, 0.3) is 0 Å². The van der Waals surface area contributed by atoms with Gasteiger partial charge in [0.25, 0.3) is 0 Å². The van der Waals surface area contributed by atoms with Crippen LogP contribution in [0.1, 0.15) is 5.56 Å². The minimum atomic E-state index is -0.363. The summed E-state index contributed by atoms with van der Waals surface area (Å²) in [6.45, 7) is 1.67. The Morgan fingerprint density at radius 2 is 2.38 bits per heavy atom. The summed E-state index contributed by atoms with van der Waals surface area (Å²) >= 11 is 7.15. The predicted octanol–water partition coefficient (Wildman–Crippen LogP) is 3.71. The fourth-order valence-electron chi connectivity index (χ4n) is 1.10. The number of thioether (sulfide) groups is 1. The highest BCUT2D eigenvalue weighted by Crippen LogP contribution is 2.40. The maximum atomic E-state index is 13.3. The fraction of sp³-hybridized carbons (Fsp3) is 0.111. The molecule has 0 amide bonds. The largest absolute Gasteiger partial charge is 0.205 e. The van der Waals surface area contributed by atoms with E-state index in [1.807, 2.05) is 0 Å². The van der Waals surface area contributed by atoms with E-state index in [1.54, 1.807) is 18.4 Å². The summed E-state index contributed by atoms with van der Waals surface area (Å²) in [4.78, 5) is 4.65. The molecule has 0 saturated carbocycles. The normalized spacial score (nSPS) is 13.2. The molecule has 0 unspecified atom stereocenters. The smallest absolute Gasteiger partial charge is 0.146 e. The molecule has 0 N–H and O–H groups in total. The zero-order valence-corrected chi connectivity index (χ0v) is 8.34. The molecule has 1 nitrogen and oxygen atoms in total. The number of nitrogens with zero attached hydrogens (tertiary/aromatic N) is 1. The van der Waals surface area contributed by atoms with Crippen molar-refractivity contribution in [2.75, 3.05) is 0 Å². The highest BCUT2D eigenvalue weighted by atomic mass is 35.5. The topological polar surface area (TPSA) is 12.4 Å². The summed E-state index contributed by atoms with van der Waals surface area (Å²) in [6, 6.07) is 1.67. The highest BCUT2D eigenvalue weighted by molar-refractivity contribution is 8.02. The van der Waals surface area contributed by atoms with Crippen molar-refractivity contribution in [2.24, 2.45) is 4.99 Å². The van der Waals surface area contributed by atoms with Crippen molar-refractivity contribution in [3.8, 4) is 0 Å². The van der Waals surface area contributed by atoms with Gasteiger partial charge in [-0.3, -0.25) is 0 Å². The summed E-state index contributed by atoms with van der Waals surface area (Å²) in [5.74, 6) is 2.33. The lowest BCUT2D eigenvalue weighted by atomic mass is 10.2. The van der Waals surface area contributed by atoms with Crippen LogP contribution < -0.4 is 0 Å². The number of halogens is 2. The van der Waals surface area contributed by atoms with Gasteiger partial charge in [0.2, 0.25) is 0 Å². The Morgan fingerprint density at radius 1 is 1.62 bits per heavy atom. The molecular weight excluding hydrogens is 209 g/mol. The molecular formula is C9H5ClFNS. The van der Waals surface area contributed by atoms with E-state index in [-0.39, 0.29) is 10.8 Å². The molecule has 13 heavy (non-hydrogen) atoms. The molecule has 4 heteroatoms. The number of hydrogen-bond donors (Lipinski definition) is 0. The van der Waals surface area contributed by atoms with Crippen molar-refractivity contribution < 1.29 is 4.39 Å². The van der Waals surface area contributed by atoms with Crippen LogP contribution in [0.4, 0.5) is 10.1 Å². The van der Waals surface area contributed by atoms with E-state index in [0.717, 1.165) is 0 Å². The Hall–Kier alpha value is -0.760. The van der Waals surface area contributed by atoms with Gasteiger partial charge >= 0.3 is 0 Å². The monoisotopic (exact) mass is 213 g/mol. The first kappa shape index (κ1) is 8.82. The summed E-state index contributed by atoms with van der Waals surface area (Å²) in [5, 5.41) is 1.81. The first-order valence-corrected chi connectivity index (χ1v) is 4.89. The SMILES string of the molecule is Cc1cc2c(c(Cl)c1F)SC=C=N2. The molecule has 1 aliphatic heterocycles. The molecule has 1 aliphatic rings. The molecule has 0 saturated heterocycles. The van der Waals surface area contributed by atoms with E-state index in [1.165, 1.54) is 11.8 Å². The van der Waals surface area contributed by atoms with Gasteiger partial charge < -0.3 is 0 Å². The first-order chi connectivity index (χ1) is 6.20. The zero-order chi connectivity index (χ0) is 9.42. The second-order valence-corrected chi connectivity index (χ2v) is 3.90. The quantitative estimate of drug-likeness (QED) is 0.640. The Labute approximate surface area is 84.3 Å². The summed E-state index contributed by atoms with van der Waals surface area (Å²) < 4.78 is 13.3. The number of rotatable bonds is 0. The molecule has 1 heterocycles. The fourth-order valence-corrected chi connectivity index (χ4v) is 2.12. The van der Waals surface area contributed by atoms with Crippen LogP contribution in [0.3, 0.4) is 0 Å². The summed E-state index contributed by atoms with van der Waals surface area (Å²) in [5.41, 5.74) is 1.20. The van der Waals surface area contributed by atoms with Crippen LogP contribution in [0, 0.1) is 12.7 Å². The van der Waals surface area contributed by atoms with Crippen molar-refractivity contribution in [3.63, 3.8) is 0 Å². The predicted molar refractivity (Wildman–Crippen MR) is 53.7 cm³/mol. The third-order valence-electron chi connectivity index (χ3n) is 1.74. The van der Waals surface area contributed by atoms with E-state index in [2.05, 4.69) is 10.9 Å². The van der Waals surface area contributed by atoms with Crippen molar-refractivity contribution in [3.05, 3.63) is 27.9 Å². The van der Waals surface area contributed by atoms with E-state index in [0.29, 0.717) is 16.1 Å². The van der Waals surface area contributed by atoms with Gasteiger partial charge in [-0.05, 0) is 24.4 Å². The molecule has 1 aromatic carbocycles. The molecule has 0 fully saturated rings. The van der Waals surface area contributed by atoms with Gasteiger partial charge in [0.15, 0.2) is 0 Å². The maximum absolute atomic E-state index is 13.3. The lowest BCUT2D eigenvalue weighted by molar-refractivity contribution is 0.615. The number of aliphatic imine (C=N–C) groups is 1. The molecule has 0 aromatic heterocycles. The number of fused-ring (bicyclic) bond motifs is 1. The van der Waals surface area contributed by atoms with Crippen LogP contribution in [0.5, 0.6) is 0 Å². The van der Waals surface area contributed by atoms with Gasteiger partial charge in [-0.15, -0.1) is 0 Å². The molecule has 2 rings (SSSR count). The molecule has 0 atom stereocenters. The zero-order valence-electron chi connectivity index (χ0n) is 6.77. The van der Waals surface area contributed by atoms with E-state index in [9.17, 15) is 4.39 Å². The number of aryl methyl sites for hydroxylation is 1. The Balaban J connectivity index is 2.74. The average Bonchev–Trinajstić information content (AvgIpc) is 2.15. The third-order valence-corrected chi connectivity index (χ3v) is 3.08. The van der Waals surface area contributed by atoms with Crippen LogP contribution in [0.2, 0.25) is 5.02 Å². The van der Waals surface area contributed by atoms with Crippen molar-refractivity contribution in [1.29, 1.82) is 0 Å². The van der Waals surface area contributed by atoms with Crippen molar-refractivity contribution >= 4 is 34.9 Å². The second-order valence-electron chi connectivity index (χ2n) is 2.65. The maximum Gasteiger partial charge on any atom is 0.146 e. The van der Waals surface area contributed by atoms with Gasteiger partial charge in [0.1, 0.15) is 5.82 Å². The Kier molecular flexibility index (Phi) is 2.16. The molecule has 0 radical (unpaired) electrons. The molecule has 0 spiro atoms. The lowest BCUT2D eigenvalue weighted by Crippen LogP contribution is -1.88. The summed E-state index contributed by atoms with van der Waals surface area (Å²) in [7, 11) is 0. The van der Waals surface area contributed by atoms with Crippen molar-refractivity contribution in [2.45, 2.75) is 11.8 Å². The van der Waals surface area contributed by atoms with Crippen LogP contribution in [-0.4, -0.2) is 5.87 Å². The molecule has 0 aliphatic carbocycles.